The van der Waals surface area contributed by atoms with Gasteiger partial charge in [0.25, 0.3) is 0 Å². The Balaban J connectivity index is 1.87. The largest absolute Gasteiger partial charge is 0.215 e. The highest BCUT2D eigenvalue weighted by Gasteiger charge is 2.34. The minimum Gasteiger partial charge on any atom is -0.0924 e. The fourth-order valence-electron chi connectivity index (χ4n) is 3.69. The van der Waals surface area contributed by atoms with Gasteiger partial charge in [-0.25, -0.2) is 0 Å². The van der Waals surface area contributed by atoms with Gasteiger partial charge in [0.2, 0.25) is 15.2 Å². The summed E-state index contributed by atoms with van der Waals surface area (Å²) in [5.74, 6) is 0. The van der Waals surface area contributed by atoms with E-state index in [-0.39, 0.29) is 0 Å². The topological polar surface area (TPSA) is 0 Å². The molecule has 0 aliphatic heterocycles. The van der Waals surface area contributed by atoms with Crippen molar-refractivity contribution in [1.82, 2.24) is 0 Å². The highest BCUT2D eigenvalue weighted by atomic mass is 27.1. The van der Waals surface area contributed by atoms with Crippen LogP contribution in [0.4, 0.5) is 0 Å². The quantitative estimate of drug-likeness (QED) is 0.590. The van der Waals surface area contributed by atoms with E-state index in [9.17, 15) is 0 Å². The molecule has 1 radical (unpaired) electrons. The molecular weight excluding hydrogens is 195 g/mol. The third kappa shape index (κ3) is 3.24. The average molecular weight is 221 g/mol. The van der Waals surface area contributed by atoms with Gasteiger partial charge in [-0.05, 0) is 0 Å². The molecule has 2 aliphatic rings. The van der Waals surface area contributed by atoms with Gasteiger partial charge >= 0.3 is 0 Å². The Kier molecular flexibility index (Phi) is 4.59. The van der Waals surface area contributed by atoms with Crippen LogP contribution in [0.25, 0.3) is 0 Å². The highest BCUT2D eigenvalue weighted by Crippen LogP contribution is 2.48. The number of hydrogen-bond donors (Lipinski definition) is 0. The summed E-state index contributed by atoms with van der Waals surface area (Å²) in [6, 6.07) is 0. The van der Waals surface area contributed by atoms with Crippen LogP contribution in [0.15, 0.2) is 0 Å². The molecule has 0 aromatic rings. The summed E-state index contributed by atoms with van der Waals surface area (Å²) >= 11 is 0.757. The zero-order valence-corrected chi connectivity index (χ0v) is 11.6. The molecule has 2 fully saturated rings. The molecule has 0 aromatic heterocycles. The molecule has 0 aromatic carbocycles. The van der Waals surface area contributed by atoms with Crippen LogP contribution in [0.1, 0.15) is 77.6 Å². The lowest BCUT2D eigenvalue weighted by molar-refractivity contribution is 0.356. The van der Waals surface area contributed by atoms with E-state index in [1.165, 1.54) is 49.7 Å². The average Bonchev–Trinajstić information content (AvgIpc) is 2.32. The van der Waals surface area contributed by atoms with Gasteiger partial charge < -0.3 is 0 Å². The van der Waals surface area contributed by atoms with E-state index in [0.29, 0.717) is 0 Å². The Bertz CT molecular complexity index is 176. The lowest BCUT2D eigenvalue weighted by Crippen LogP contribution is -2.27. The molecule has 0 N–H and O–H groups in total. The van der Waals surface area contributed by atoms with Crippen LogP contribution < -0.4 is 0 Å². The summed E-state index contributed by atoms with van der Waals surface area (Å²) in [4.78, 5) is 0. The van der Waals surface area contributed by atoms with Gasteiger partial charge in [-0.15, -0.1) is 0 Å². The van der Waals surface area contributed by atoms with E-state index >= 15 is 0 Å². The zero-order valence-electron chi connectivity index (χ0n) is 10.4. The predicted octanol–water partition coefficient (Wildman–Crippen LogP) is 4.98. The Labute approximate surface area is 102 Å². The minimum atomic E-state index is 0.757. The maximum atomic E-state index is 2.46. The second-order valence-electron chi connectivity index (χ2n) is 5.84. The van der Waals surface area contributed by atoms with E-state index in [2.05, 4.69) is 6.92 Å². The standard InChI is InChI=1S/C8H15.C6H11.Al/c1-2-8-6-4-3-5-7-8;1-2-4-6-5-3-1;/h2-7H2,1H3;1H,2-6H2;. The van der Waals surface area contributed by atoms with Gasteiger partial charge in [0, 0.05) is 0 Å². The lowest BCUT2D eigenvalue weighted by Gasteiger charge is -2.40. The van der Waals surface area contributed by atoms with Gasteiger partial charge in [0.1, 0.15) is 0 Å². The minimum absolute atomic E-state index is 0.757. The molecule has 0 bridgehead atoms. The van der Waals surface area contributed by atoms with Crippen LogP contribution in [0.2, 0.25) is 9.06 Å². The molecule has 2 saturated carbocycles. The molecule has 0 saturated heterocycles. The van der Waals surface area contributed by atoms with Crippen molar-refractivity contribution in [3.8, 4) is 0 Å². The van der Waals surface area contributed by atoms with Crippen LogP contribution in [-0.4, -0.2) is 15.2 Å². The SMILES string of the molecule is CC[C]1([Al][CH]2CCCCC2)CCCCC1. The van der Waals surface area contributed by atoms with Crippen LogP contribution in [0, 0.1) is 0 Å². The zero-order chi connectivity index (χ0) is 10.6. The van der Waals surface area contributed by atoms with Crippen LogP contribution in [0.5, 0.6) is 0 Å². The molecule has 1 heteroatoms. The van der Waals surface area contributed by atoms with Gasteiger partial charge in [-0.1, -0.05) is 86.6 Å². The first-order chi connectivity index (χ1) is 7.35. The van der Waals surface area contributed by atoms with Crippen molar-refractivity contribution in [3.63, 3.8) is 0 Å². The Morgan fingerprint density at radius 1 is 0.933 bits per heavy atom. The second kappa shape index (κ2) is 5.74. The van der Waals surface area contributed by atoms with Crippen molar-refractivity contribution >= 4 is 15.2 Å². The molecule has 15 heavy (non-hydrogen) atoms. The summed E-state index contributed by atoms with van der Waals surface area (Å²) in [5, 5.41) is 0. The molecule has 0 heterocycles. The Hall–Kier alpha value is 0.532. The molecule has 0 spiro atoms. The molecule has 2 rings (SSSR count). The highest BCUT2D eigenvalue weighted by molar-refractivity contribution is 6.42. The lowest BCUT2D eigenvalue weighted by atomic mass is 9.86. The van der Waals surface area contributed by atoms with E-state index < -0.39 is 0 Å². The van der Waals surface area contributed by atoms with E-state index in [1.54, 1.807) is 25.7 Å². The monoisotopic (exact) mass is 221 g/mol. The van der Waals surface area contributed by atoms with Crippen LogP contribution in [-0.2, 0) is 0 Å². The van der Waals surface area contributed by atoms with E-state index in [0.717, 1.165) is 19.5 Å². The van der Waals surface area contributed by atoms with Gasteiger partial charge in [0.05, 0.1) is 0 Å². The fourth-order valence-corrected chi connectivity index (χ4v) is 6.48. The molecular formula is C14H26Al. The first-order valence-corrected chi connectivity index (χ1v) is 8.45. The van der Waals surface area contributed by atoms with Crippen molar-refractivity contribution in [2.75, 3.05) is 0 Å². The maximum absolute atomic E-state index is 2.46. The molecule has 0 nitrogen and oxygen atoms in total. The second-order valence-corrected chi connectivity index (χ2v) is 8.34. The summed E-state index contributed by atoms with van der Waals surface area (Å²) in [7, 11) is 0. The molecule has 0 atom stereocenters. The van der Waals surface area contributed by atoms with Crippen molar-refractivity contribution in [2.24, 2.45) is 0 Å². The molecule has 2 aliphatic carbocycles. The third-order valence-electron chi connectivity index (χ3n) is 4.79. The van der Waals surface area contributed by atoms with E-state index in [4.69, 9.17) is 0 Å². The van der Waals surface area contributed by atoms with Crippen LogP contribution >= 0.6 is 0 Å². The normalized spacial score (nSPS) is 27.5. The van der Waals surface area contributed by atoms with Gasteiger partial charge in [-0.2, -0.15) is 0 Å². The van der Waals surface area contributed by atoms with Crippen molar-refractivity contribution < 1.29 is 0 Å². The van der Waals surface area contributed by atoms with E-state index in [1.807, 2.05) is 0 Å². The summed E-state index contributed by atoms with van der Waals surface area (Å²) in [6.45, 7) is 2.46. The van der Waals surface area contributed by atoms with Crippen LogP contribution in [0.3, 0.4) is 0 Å². The number of rotatable bonds is 3. The van der Waals surface area contributed by atoms with Crippen molar-refractivity contribution in [1.29, 1.82) is 0 Å². The Morgan fingerprint density at radius 3 is 2.13 bits per heavy atom. The summed E-state index contributed by atoms with van der Waals surface area (Å²) in [5.41, 5.74) is 0. The van der Waals surface area contributed by atoms with Crippen molar-refractivity contribution in [2.45, 2.75) is 86.6 Å². The maximum Gasteiger partial charge on any atom is 0.215 e. The fraction of sp³-hybridized carbons (Fsp3) is 1.00. The molecule has 0 amide bonds. The smallest absolute Gasteiger partial charge is 0.0924 e. The van der Waals surface area contributed by atoms with Gasteiger partial charge in [0.15, 0.2) is 0 Å². The third-order valence-corrected chi connectivity index (χ3v) is 7.62. The summed E-state index contributed by atoms with van der Waals surface area (Å²) < 4.78 is 2.04. The first-order valence-electron chi connectivity index (χ1n) is 7.21. The van der Waals surface area contributed by atoms with Crippen molar-refractivity contribution in [3.05, 3.63) is 0 Å². The molecule has 0 unspecified atom stereocenters. The van der Waals surface area contributed by atoms with Gasteiger partial charge in [-0.3, -0.25) is 0 Å². The first kappa shape index (κ1) is 12.0. The summed E-state index contributed by atoms with van der Waals surface area (Å²) in [6.07, 6.45) is 17.0. The Morgan fingerprint density at radius 2 is 1.53 bits per heavy atom. The predicted molar refractivity (Wildman–Crippen MR) is 68.7 cm³/mol. The molecule has 85 valence electrons. The number of hydrogen-bond acceptors (Lipinski definition) is 0.